The van der Waals surface area contributed by atoms with Gasteiger partial charge in [-0.1, -0.05) is 37.8 Å². The predicted octanol–water partition coefficient (Wildman–Crippen LogP) is 3.96. The van der Waals surface area contributed by atoms with Crippen molar-refractivity contribution in [2.24, 2.45) is 0 Å². The second-order valence-electron chi connectivity index (χ2n) is 7.35. The van der Waals surface area contributed by atoms with Gasteiger partial charge in [0.15, 0.2) is 0 Å². The van der Waals surface area contributed by atoms with E-state index in [1.54, 1.807) is 7.11 Å². The zero-order chi connectivity index (χ0) is 16.1. The predicted molar refractivity (Wildman–Crippen MR) is 94.1 cm³/mol. The average Bonchev–Trinajstić information content (AvgIpc) is 2.61. The summed E-state index contributed by atoms with van der Waals surface area (Å²) in [5.74, 6) is 1.10. The summed E-state index contributed by atoms with van der Waals surface area (Å²) in [5.41, 5.74) is 0.727. The number of nitrogens with zero attached hydrogens (tertiary/aromatic N) is 1. The van der Waals surface area contributed by atoms with Crippen LogP contribution in [0, 0.1) is 0 Å². The highest BCUT2D eigenvalue weighted by molar-refractivity contribution is 5.31. The molecule has 1 aliphatic carbocycles. The summed E-state index contributed by atoms with van der Waals surface area (Å²) in [4.78, 5) is 2.56. The Labute approximate surface area is 140 Å². The lowest BCUT2D eigenvalue weighted by atomic mass is 9.72. The van der Waals surface area contributed by atoms with E-state index in [9.17, 15) is 5.11 Å². The molecular formula is C20H31NO2. The Morgan fingerprint density at radius 1 is 1.00 bits per heavy atom. The summed E-state index contributed by atoms with van der Waals surface area (Å²) in [6.07, 6.45) is 9.41. The second kappa shape index (κ2) is 7.67. The van der Waals surface area contributed by atoms with Gasteiger partial charge in [-0.05, 0) is 56.5 Å². The van der Waals surface area contributed by atoms with Gasteiger partial charge in [-0.25, -0.2) is 0 Å². The van der Waals surface area contributed by atoms with E-state index in [2.05, 4.69) is 17.0 Å². The Hall–Kier alpha value is -1.06. The molecule has 1 atom stereocenters. The first kappa shape index (κ1) is 16.8. The van der Waals surface area contributed by atoms with Gasteiger partial charge in [-0.2, -0.15) is 0 Å². The van der Waals surface area contributed by atoms with Crippen molar-refractivity contribution in [1.82, 2.24) is 4.90 Å². The summed E-state index contributed by atoms with van der Waals surface area (Å²) >= 11 is 0. The molecule has 1 heterocycles. The van der Waals surface area contributed by atoms with Gasteiger partial charge >= 0.3 is 0 Å². The molecule has 0 amide bonds. The number of benzene rings is 1. The van der Waals surface area contributed by atoms with Crippen LogP contribution in [0.5, 0.6) is 5.75 Å². The van der Waals surface area contributed by atoms with Gasteiger partial charge in [-0.3, -0.25) is 0 Å². The number of ether oxygens (including phenoxy) is 1. The maximum absolute atomic E-state index is 11.4. The fraction of sp³-hybridized carbons (Fsp3) is 0.700. The number of piperidine rings is 1. The molecule has 0 spiro atoms. The van der Waals surface area contributed by atoms with Crippen molar-refractivity contribution in [3.63, 3.8) is 0 Å². The van der Waals surface area contributed by atoms with E-state index < -0.39 is 5.60 Å². The third-order valence-electron chi connectivity index (χ3n) is 5.78. The summed E-state index contributed by atoms with van der Waals surface area (Å²) in [6, 6.07) is 8.37. The number of hydrogen-bond acceptors (Lipinski definition) is 3. The van der Waals surface area contributed by atoms with Crippen molar-refractivity contribution in [3.8, 4) is 5.75 Å². The van der Waals surface area contributed by atoms with Crippen LogP contribution < -0.4 is 4.74 Å². The molecule has 1 aromatic rings. The zero-order valence-corrected chi connectivity index (χ0v) is 14.5. The lowest BCUT2D eigenvalue weighted by Crippen LogP contribution is -2.45. The number of methoxy groups -OCH3 is 1. The Kier molecular flexibility index (Phi) is 5.60. The first-order valence-corrected chi connectivity index (χ1v) is 9.30. The molecule has 3 heteroatoms. The number of aliphatic hydroxyl groups is 1. The minimum atomic E-state index is -0.537. The molecule has 3 rings (SSSR count). The van der Waals surface area contributed by atoms with Gasteiger partial charge in [0, 0.05) is 12.5 Å². The van der Waals surface area contributed by atoms with Gasteiger partial charge in [0.05, 0.1) is 12.7 Å². The zero-order valence-electron chi connectivity index (χ0n) is 14.5. The molecule has 0 radical (unpaired) electrons. The monoisotopic (exact) mass is 317 g/mol. The summed E-state index contributed by atoms with van der Waals surface area (Å²) in [6.45, 7) is 3.36. The van der Waals surface area contributed by atoms with Gasteiger partial charge in [0.25, 0.3) is 0 Å². The van der Waals surface area contributed by atoms with Crippen LogP contribution >= 0.6 is 0 Å². The lowest BCUT2D eigenvalue weighted by Gasteiger charge is -2.42. The highest BCUT2D eigenvalue weighted by Gasteiger charge is 2.39. The third-order valence-corrected chi connectivity index (χ3v) is 5.78. The molecule has 1 aliphatic heterocycles. The fourth-order valence-electron chi connectivity index (χ4n) is 4.33. The van der Waals surface area contributed by atoms with Crippen LogP contribution in [0.25, 0.3) is 0 Å². The van der Waals surface area contributed by atoms with Gasteiger partial charge in [0.1, 0.15) is 5.75 Å². The first-order chi connectivity index (χ1) is 11.2. The van der Waals surface area contributed by atoms with Crippen LogP contribution in [-0.4, -0.2) is 42.4 Å². The maximum atomic E-state index is 11.4. The molecule has 1 saturated heterocycles. The van der Waals surface area contributed by atoms with E-state index in [4.69, 9.17) is 4.74 Å². The number of likely N-dealkylation sites (tertiary alicyclic amines) is 1. The summed E-state index contributed by atoms with van der Waals surface area (Å²) < 4.78 is 5.30. The van der Waals surface area contributed by atoms with Crippen LogP contribution in [0.1, 0.15) is 62.8 Å². The van der Waals surface area contributed by atoms with Crippen LogP contribution in [0.4, 0.5) is 0 Å². The molecule has 2 fully saturated rings. The van der Waals surface area contributed by atoms with Crippen LogP contribution in [0.3, 0.4) is 0 Å². The molecule has 0 bridgehead atoms. The largest absolute Gasteiger partial charge is 0.497 e. The lowest BCUT2D eigenvalue weighted by molar-refractivity contribution is -0.0321. The highest BCUT2D eigenvalue weighted by atomic mass is 16.5. The topological polar surface area (TPSA) is 32.7 Å². The van der Waals surface area contributed by atoms with Gasteiger partial charge < -0.3 is 14.7 Å². The van der Waals surface area contributed by atoms with E-state index >= 15 is 0 Å². The number of hydrogen-bond donors (Lipinski definition) is 1. The minimum absolute atomic E-state index is 0.215. The molecule has 128 valence electrons. The Morgan fingerprint density at radius 2 is 1.61 bits per heavy atom. The maximum Gasteiger partial charge on any atom is 0.118 e. The van der Waals surface area contributed by atoms with Crippen molar-refractivity contribution >= 4 is 0 Å². The quantitative estimate of drug-likeness (QED) is 0.892. The molecule has 3 nitrogen and oxygen atoms in total. The van der Waals surface area contributed by atoms with Gasteiger partial charge in [-0.15, -0.1) is 0 Å². The average molecular weight is 317 g/mol. The fourth-order valence-corrected chi connectivity index (χ4v) is 4.33. The van der Waals surface area contributed by atoms with E-state index in [-0.39, 0.29) is 5.92 Å². The molecule has 1 unspecified atom stereocenters. The molecule has 23 heavy (non-hydrogen) atoms. The van der Waals surface area contributed by atoms with E-state index in [0.29, 0.717) is 0 Å². The molecule has 2 aliphatic rings. The summed E-state index contributed by atoms with van der Waals surface area (Å²) in [7, 11) is 1.70. The minimum Gasteiger partial charge on any atom is -0.497 e. The molecule has 1 N–H and O–H groups in total. The standard InChI is InChI=1S/C20H31NO2/c1-23-18-10-8-17(9-11-18)19(16-21-14-6-3-7-15-21)20(22)12-4-2-5-13-20/h8-11,19,22H,2-7,12-16H2,1H3. The summed E-state index contributed by atoms with van der Waals surface area (Å²) in [5, 5.41) is 11.4. The highest BCUT2D eigenvalue weighted by Crippen LogP contribution is 2.41. The van der Waals surface area contributed by atoms with Crippen LogP contribution in [0.2, 0.25) is 0 Å². The van der Waals surface area contributed by atoms with Gasteiger partial charge in [0.2, 0.25) is 0 Å². The molecule has 1 aromatic carbocycles. The van der Waals surface area contributed by atoms with E-state index in [1.165, 1.54) is 44.3 Å². The Bertz CT molecular complexity index is 473. The second-order valence-corrected chi connectivity index (χ2v) is 7.35. The van der Waals surface area contributed by atoms with Crippen molar-refractivity contribution < 1.29 is 9.84 Å². The Morgan fingerprint density at radius 3 is 2.22 bits per heavy atom. The SMILES string of the molecule is COc1ccc(C(CN2CCCCC2)C2(O)CCCCC2)cc1. The van der Waals surface area contributed by atoms with Crippen LogP contribution in [0.15, 0.2) is 24.3 Å². The van der Waals surface area contributed by atoms with Crippen molar-refractivity contribution in [3.05, 3.63) is 29.8 Å². The smallest absolute Gasteiger partial charge is 0.118 e. The van der Waals surface area contributed by atoms with Crippen molar-refractivity contribution in [1.29, 1.82) is 0 Å². The first-order valence-electron chi connectivity index (χ1n) is 9.30. The normalized spacial score (nSPS) is 23.4. The van der Waals surface area contributed by atoms with Crippen molar-refractivity contribution in [2.75, 3.05) is 26.7 Å². The molecule has 1 saturated carbocycles. The van der Waals surface area contributed by atoms with E-state index in [0.717, 1.165) is 38.0 Å². The van der Waals surface area contributed by atoms with E-state index in [1.807, 2.05) is 12.1 Å². The Balaban J connectivity index is 1.81. The number of rotatable bonds is 5. The van der Waals surface area contributed by atoms with Crippen LogP contribution in [-0.2, 0) is 0 Å². The third kappa shape index (κ3) is 4.07. The molecule has 0 aromatic heterocycles. The molecular weight excluding hydrogens is 286 g/mol. The van der Waals surface area contributed by atoms with Crippen molar-refractivity contribution in [2.45, 2.75) is 62.9 Å².